The Bertz CT molecular complexity index is 1400. The fraction of sp³-hybridized carbons (Fsp3) is 0.333. The first-order valence-corrected chi connectivity index (χ1v) is 14.0. The number of amides is 2. The van der Waals surface area contributed by atoms with Crippen LogP contribution in [0.3, 0.4) is 0 Å². The highest BCUT2D eigenvalue weighted by atomic mass is 32.1. The number of benzene rings is 2. The van der Waals surface area contributed by atoms with Gasteiger partial charge in [0.25, 0.3) is 11.8 Å². The molecule has 2 unspecified atom stereocenters. The Morgan fingerprint density at radius 1 is 1.15 bits per heavy atom. The molecule has 0 aliphatic heterocycles. The average Bonchev–Trinajstić information content (AvgIpc) is 3.30. The summed E-state index contributed by atoms with van der Waals surface area (Å²) in [6, 6.07) is 13.7. The van der Waals surface area contributed by atoms with Crippen molar-refractivity contribution in [3.8, 4) is 11.5 Å². The van der Waals surface area contributed by atoms with E-state index in [-0.39, 0.29) is 12.5 Å². The highest BCUT2D eigenvalue weighted by Crippen LogP contribution is 2.40. The minimum Gasteiger partial charge on any atom is -0.497 e. The Labute approximate surface area is 237 Å². The Morgan fingerprint density at radius 3 is 2.65 bits per heavy atom. The van der Waals surface area contributed by atoms with Gasteiger partial charge in [-0.15, -0.1) is 11.3 Å². The second-order valence-electron chi connectivity index (χ2n) is 9.53. The molecule has 2 atom stereocenters. The van der Waals surface area contributed by atoms with Crippen LogP contribution in [0.15, 0.2) is 53.6 Å². The molecule has 1 aromatic heterocycles. The van der Waals surface area contributed by atoms with Crippen LogP contribution in [0.2, 0.25) is 0 Å². The van der Waals surface area contributed by atoms with E-state index in [0.717, 1.165) is 35.3 Å². The van der Waals surface area contributed by atoms with Crippen molar-refractivity contribution in [3.63, 3.8) is 0 Å². The third-order valence-corrected chi connectivity index (χ3v) is 7.67. The second-order valence-corrected chi connectivity index (χ2v) is 10.6. The third kappa shape index (κ3) is 7.06. The lowest BCUT2D eigenvalue weighted by Gasteiger charge is -2.18. The van der Waals surface area contributed by atoms with Crippen LogP contribution in [0.5, 0.6) is 11.5 Å². The minimum atomic E-state index is -0.825. The largest absolute Gasteiger partial charge is 0.497 e. The van der Waals surface area contributed by atoms with Crippen molar-refractivity contribution < 1.29 is 28.6 Å². The fourth-order valence-corrected chi connectivity index (χ4v) is 5.75. The van der Waals surface area contributed by atoms with Gasteiger partial charge in [-0.2, -0.15) is 5.10 Å². The van der Waals surface area contributed by atoms with E-state index in [1.807, 2.05) is 18.2 Å². The molecule has 9 nitrogen and oxygen atoms in total. The number of nitrogens with one attached hydrogen (secondary N) is 2. The summed E-state index contributed by atoms with van der Waals surface area (Å²) in [6.07, 6.45) is 3.36. The molecule has 1 aliphatic rings. The zero-order valence-corrected chi connectivity index (χ0v) is 23.8. The summed E-state index contributed by atoms with van der Waals surface area (Å²) in [4.78, 5) is 39.3. The van der Waals surface area contributed by atoms with E-state index in [0.29, 0.717) is 33.5 Å². The molecule has 0 bridgehead atoms. The molecule has 2 N–H and O–H groups in total. The molecule has 0 saturated carbocycles. The summed E-state index contributed by atoms with van der Waals surface area (Å²) in [5.41, 5.74) is 5.07. The zero-order chi connectivity index (χ0) is 28.6. The molecule has 3 aromatic rings. The number of methoxy groups -OCH3 is 1. The molecule has 0 spiro atoms. The number of nitrogens with zero attached hydrogens (tertiary/aromatic N) is 1. The predicted molar refractivity (Wildman–Crippen MR) is 155 cm³/mol. The maximum absolute atomic E-state index is 13.1. The zero-order valence-electron chi connectivity index (χ0n) is 23.0. The van der Waals surface area contributed by atoms with E-state index in [4.69, 9.17) is 14.2 Å². The first-order chi connectivity index (χ1) is 19.3. The molecule has 10 heteroatoms. The van der Waals surface area contributed by atoms with Crippen molar-refractivity contribution in [1.29, 1.82) is 0 Å². The Hall–Kier alpha value is -4.18. The maximum atomic E-state index is 13.1. The van der Waals surface area contributed by atoms with E-state index in [1.54, 1.807) is 51.3 Å². The number of rotatable bonds is 10. The Kier molecular flexibility index (Phi) is 9.55. The van der Waals surface area contributed by atoms with E-state index in [9.17, 15) is 14.4 Å². The van der Waals surface area contributed by atoms with Crippen LogP contribution in [-0.4, -0.2) is 43.8 Å². The number of hydrazone groups is 1. The normalized spacial score (nSPS) is 15.2. The van der Waals surface area contributed by atoms with Gasteiger partial charge in [-0.05, 0) is 86.6 Å². The number of anilines is 1. The fourth-order valence-electron chi connectivity index (χ4n) is 4.36. The van der Waals surface area contributed by atoms with Crippen molar-refractivity contribution in [1.82, 2.24) is 5.43 Å². The van der Waals surface area contributed by atoms with Crippen LogP contribution >= 0.6 is 11.3 Å². The monoisotopic (exact) mass is 563 g/mol. The van der Waals surface area contributed by atoms with Gasteiger partial charge in [-0.3, -0.25) is 9.59 Å². The van der Waals surface area contributed by atoms with Crippen LogP contribution in [0, 0.1) is 5.92 Å². The number of esters is 1. The summed E-state index contributed by atoms with van der Waals surface area (Å²) < 4.78 is 16.2. The van der Waals surface area contributed by atoms with Gasteiger partial charge < -0.3 is 19.5 Å². The maximum Gasteiger partial charge on any atom is 0.341 e. The quantitative estimate of drug-likeness (QED) is 0.198. The van der Waals surface area contributed by atoms with Crippen LogP contribution in [0.25, 0.3) is 0 Å². The SMILES string of the molecule is CCOC(=O)c1c(NC(=O)c2ccc(OC(C)C(=O)N/N=C/c3cccc(OC)c3)cc2)sc2c1CCC(C)C2. The molecule has 1 heterocycles. The summed E-state index contributed by atoms with van der Waals surface area (Å²) in [5, 5.41) is 7.40. The number of ether oxygens (including phenoxy) is 3. The van der Waals surface area contributed by atoms with Crippen molar-refractivity contribution in [2.75, 3.05) is 19.0 Å². The minimum absolute atomic E-state index is 0.264. The first-order valence-electron chi connectivity index (χ1n) is 13.2. The van der Waals surface area contributed by atoms with Crippen molar-refractivity contribution in [3.05, 3.63) is 75.7 Å². The smallest absolute Gasteiger partial charge is 0.341 e. The average molecular weight is 564 g/mol. The lowest BCUT2D eigenvalue weighted by Crippen LogP contribution is -2.33. The molecule has 40 heavy (non-hydrogen) atoms. The molecule has 210 valence electrons. The highest BCUT2D eigenvalue weighted by molar-refractivity contribution is 7.17. The van der Waals surface area contributed by atoms with Gasteiger partial charge in [0.05, 0.1) is 25.5 Å². The Balaban J connectivity index is 1.37. The lowest BCUT2D eigenvalue weighted by molar-refractivity contribution is -0.127. The molecule has 4 rings (SSSR count). The molecule has 0 radical (unpaired) electrons. The van der Waals surface area contributed by atoms with Gasteiger partial charge in [0.15, 0.2) is 6.10 Å². The van der Waals surface area contributed by atoms with Crippen molar-refractivity contribution in [2.45, 2.75) is 46.1 Å². The van der Waals surface area contributed by atoms with Gasteiger partial charge in [-0.1, -0.05) is 19.1 Å². The molecular weight excluding hydrogens is 530 g/mol. The standard InChI is InChI=1S/C30H33N3O6S/c1-5-38-30(36)26-24-14-9-18(2)15-25(24)40-29(26)32-28(35)21-10-12-22(13-11-21)39-19(3)27(34)33-31-17-20-7-6-8-23(16-20)37-4/h6-8,10-13,16-19H,5,9,14-15H2,1-4H3,(H,32,35)(H,33,34)/b31-17+. The topological polar surface area (TPSA) is 115 Å². The van der Waals surface area contributed by atoms with E-state index in [1.165, 1.54) is 17.6 Å². The second kappa shape index (κ2) is 13.3. The van der Waals surface area contributed by atoms with Gasteiger partial charge >= 0.3 is 5.97 Å². The van der Waals surface area contributed by atoms with Gasteiger partial charge in [0.1, 0.15) is 16.5 Å². The molecule has 1 aliphatic carbocycles. The number of hydrogen-bond donors (Lipinski definition) is 2. The molecule has 0 saturated heterocycles. The molecular formula is C30H33N3O6S. The Morgan fingerprint density at radius 2 is 1.93 bits per heavy atom. The summed E-state index contributed by atoms with van der Waals surface area (Å²) in [7, 11) is 1.58. The van der Waals surface area contributed by atoms with Crippen LogP contribution in [0.4, 0.5) is 5.00 Å². The molecule has 2 amide bonds. The number of carbonyl (C=O) groups is 3. The van der Waals surface area contributed by atoms with Gasteiger partial charge in [-0.25, -0.2) is 10.2 Å². The van der Waals surface area contributed by atoms with Gasteiger partial charge in [0, 0.05) is 10.4 Å². The van der Waals surface area contributed by atoms with Gasteiger partial charge in [0.2, 0.25) is 0 Å². The van der Waals surface area contributed by atoms with Crippen LogP contribution in [0.1, 0.15) is 63.9 Å². The number of fused-ring (bicyclic) bond motifs is 1. The lowest BCUT2D eigenvalue weighted by atomic mass is 9.88. The van der Waals surface area contributed by atoms with Crippen molar-refractivity contribution >= 4 is 40.3 Å². The summed E-state index contributed by atoms with van der Waals surface area (Å²) in [5.74, 6) is 0.455. The predicted octanol–water partition coefficient (Wildman–Crippen LogP) is 5.23. The van der Waals surface area contributed by atoms with E-state index in [2.05, 4.69) is 22.8 Å². The van der Waals surface area contributed by atoms with Crippen molar-refractivity contribution in [2.24, 2.45) is 11.0 Å². The van der Waals surface area contributed by atoms with E-state index >= 15 is 0 Å². The summed E-state index contributed by atoms with van der Waals surface area (Å²) >= 11 is 1.44. The molecule has 2 aromatic carbocycles. The number of hydrogen-bond acceptors (Lipinski definition) is 8. The number of carbonyl (C=O) groups excluding carboxylic acids is 3. The van der Waals surface area contributed by atoms with Crippen LogP contribution in [-0.2, 0) is 22.4 Å². The third-order valence-electron chi connectivity index (χ3n) is 6.50. The highest BCUT2D eigenvalue weighted by Gasteiger charge is 2.29. The first kappa shape index (κ1) is 28.8. The van der Waals surface area contributed by atoms with E-state index < -0.39 is 18.0 Å². The van der Waals surface area contributed by atoms with Crippen LogP contribution < -0.4 is 20.2 Å². The molecule has 0 fully saturated rings. The summed E-state index contributed by atoms with van der Waals surface area (Å²) in [6.45, 7) is 5.82. The number of thiophene rings is 1.